The van der Waals surface area contributed by atoms with Crippen LogP contribution in [0.25, 0.3) is 0 Å². The molecule has 0 aliphatic carbocycles. The Hall–Kier alpha value is -0.670. The molecule has 2 rings (SSSR count). The molecule has 0 aromatic rings. The van der Waals surface area contributed by atoms with E-state index in [0.29, 0.717) is 0 Å². The number of halogens is 3. The molecule has 1 unspecified atom stereocenters. The highest BCUT2D eigenvalue weighted by molar-refractivity contribution is 6.59. The molecule has 0 spiro atoms. The number of carbonyl (C=O) groups excluding carboxylic acids is 2. The van der Waals surface area contributed by atoms with Crippen LogP contribution >= 0.6 is 23.2 Å². The number of carbonyl (C=O) groups is 2. The third-order valence-corrected chi connectivity index (χ3v) is 4.01. The third-order valence-electron chi connectivity index (χ3n) is 3.30. The lowest BCUT2D eigenvalue weighted by molar-refractivity contribution is -0.154. The molecule has 21 heavy (non-hydrogen) atoms. The molecule has 2 aliphatic rings. The standard InChI is InChI=1S/C11H15Cl2FN2O5/c1-2-20-9-11(12,13)8(18)15-10(19)16(9)7-3-5(14)6(4-17)21-7/h5-7,9,17H,2-4H2,1H3,(H,15,18,19)/t5-,6+,7+,9?/m0/s1. The molecule has 0 bridgehead atoms. The fraction of sp³-hybridized carbons (Fsp3) is 0.818. The van der Waals surface area contributed by atoms with Gasteiger partial charge >= 0.3 is 6.03 Å². The number of ether oxygens (including phenoxy) is 2. The van der Waals surface area contributed by atoms with Gasteiger partial charge in [0.2, 0.25) is 4.33 Å². The van der Waals surface area contributed by atoms with Gasteiger partial charge in [-0.3, -0.25) is 15.0 Å². The first kappa shape index (κ1) is 16.7. The van der Waals surface area contributed by atoms with Crippen molar-refractivity contribution in [3.8, 4) is 0 Å². The van der Waals surface area contributed by atoms with E-state index in [1.807, 2.05) is 5.32 Å². The van der Waals surface area contributed by atoms with Crippen LogP contribution in [0.4, 0.5) is 9.18 Å². The lowest BCUT2D eigenvalue weighted by atomic mass is 10.2. The van der Waals surface area contributed by atoms with Crippen molar-refractivity contribution in [3.05, 3.63) is 0 Å². The van der Waals surface area contributed by atoms with Crippen molar-refractivity contribution in [1.82, 2.24) is 10.2 Å². The lowest BCUT2D eigenvalue weighted by Gasteiger charge is -2.43. The minimum atomic E-state index is -2.05. The van der Waals surface area contributed by atoms with Crippen molar-refractivity contribution >= 4 is 35.1 Å². The number of amides is 3. The summed E-state index contributed by atoms with van der Waals surface area (Å²) in [6.07, 6.45) is -5.05. The van der Waals surface area contributed by atoms with Crippen LogP contribution in [0.5, 0.6) is 0 Å². The Labute approximate surface area is 130 Å². The van der Waals surface area contributed by atoms with Crippen LogP contribution in [0.2, 0.25) is 0 Å². The van der Waals surface area contributed by atoms with Gasteiger partial charge < -0.3 is 14.6 Å². The van der Waals surface area contributed by atoms with Crippen molar-refractivity contribution in [1.29, 1.82) is 0 Å². The van der Waals surface area contributed by atoms with E-state index in [9.17, 15) is 14.0 Å². The third kappa shape index (κ3) is 2.95. The van der Waals surface area contributed by atoms with Gasteiger partial charge in [0.15, 0.2) is 6.23 Å². The maximum Gasteiger partial charge on any atom is 0.328 e. The zero-order valence-electron chi connectivity index (χ0n) is 11.1. The number of imide groups is 1. The van der Waals surface area contributed by atoms with Gasteiger partial charge in [0.05, 0.1) is 6.61 Å². The molecule has 0 aromatic carbocycles. The second-order valence-corrected chi connectivity index (χ2v) is 6.05. The van der Waals surface area contributed by atoms with E-state index in [2.05, 4.69) is 0 Å². The molecular weight excluding hydrogens is 330 g/mol. The Kier molecular flexibility index (Phi) is 4.94. The molecule has 0 radical (unpaired) electrons. The van der Waals surface area contributed by atoms with Crippen LogP contribution in [-0.2, 0) is 14.3 Å². The highest BCUT2D eigenvalue weighted by atomic mass is 35.5. The maximum atomic E-state index is 13.7. The predicted octanol–water partition coefficient (Wildman–Crippen LogP) is 0.520. The number of nitrogens with zero attached hydrogens (tertiary/aromatic N) is 1. The highest BCUT2D eigenvalue weighted by Crippen LogP contribution is 2.37. The Morgan fingerprint density at radius 1 is 1.57 bits per heavy atom. The smallest absolute Gasteiger partial charge is 0.328 e. The summed E-state index contributed by atoms with van der Waals surface area (Å²) >= 11 is 11.9. The molecule has 0 saturated carbocycles. The number of aliphatic hydroxyl groups is 1. The summed E-state index contributed by atoms with van der Waals surface area (Å²) in [7, 11) is 0. The summed E-state index contributed by atoms with van der Waals surface area (Å²) in [6, 6.07) is -0.842. The quantitative estimate of drug-likeness (QED) is 0.726. The topological polar surface area (TPSA) is 88.1 Å². The van der Waals surface area contributed by atoms with E-state index in [1.165, 1.54) is 0 Å². The molecule has 2 fully saturated rings. The zero-order chi connectivity index (χ0) is 15.8. The van der Waals surface area contributed by atoms with Crippen molar-refractivity contribution in [2.75, 3.05) is 13.2 Å². The SMILES string of the molecule is CCOC1N([C@H]2C[C@H](F)[C@@H](CO)O2)C(=O)NC(=O)C1(Cl)Cl. The molecule has 120 valence electrons. The van der Waals surface area contributed by atoms with Crippen LogP contribution in [0.3, 0.4) is 0 Å². The first-order chi connectivity index (χ1) is 9.82. The Bertz CT molecular complexity index is 439. The first-order valence-electron chi connectivity index (χ1n) is 6.36. The van der Waals surface area contributed by atoms with Crippen LogP contribution < -0.4 is 5.32 Å². The lowest BCUT2D eigenvalue weighted by Crippen LogP contribution is -2.68. The molecule has 2 saturated heterocycles. The van der Waals surface area contributed by atoms with Gasteiger partial charge in [-0.1, -0.05) is 23.2 Å². The number of hydrogen-bond acceptors (Lipinski definition) is 5. The summed E-state index contributed by atoms with van der Waals surface area (Å²) in [5.74, 6) is -0.918. The van der Waals surface area contributed by atoms with Crippen molar-refractivity contribution in [3.63, 3.8) is 0 Å². The molecule has 7 nitrogen and oxygen atoms in total. The molecule has 2 N–H and O–H groups in total. The first-order valence-corrected chi connectivity index (χ1v) is 7.12. The van der Waals surface area contributed by atoms with Crippen molar-refractivity contribution in [2.45, 2.75) is 42.4 Å². The molecule has 3 amide bonds. The Morgan fingerprint density at radius 3 is 2.76 bits per heavy atom. The van der Waals surface area contributed by atoms with Gasteiger partial charge in [0, 0.05) is 13.0 Å². The Morgan fingerprint density at radius 2 is 2.24 bits per heavy atom. The molecular formula is C11H15Cl2FN2O5. The van der Waals surface area contributed by atoms with Crippen LogP contribution in [0, 0.1) is 0 Å². The number of urea groups is 1. The van der Waals surface area contributed by atoms with Crippen molar-refractivity contribution < 1.29 is 28.6 Å². The monoisotopic (exact) mass is 344 g/mol. The molecule has 0 aromatic heterocycles. The predicted molar refractivity (Wildman–Crippen MR) is 70.5 cm³/mol. The van der Waals surface area contributed by atoms with Gasteiger partial charge in [-0.2, -0.15) is 0 Å². The number of aliphatic hydroxyl groups excluding tert-OH is 1. The molecule has 10 heteroatoms. The van der Waals surface area contributed by atoms with E-state index in [1.54, 1.807) is 6.92 Å². The second kappa shape index (κ2) is 6.21. The molecule has 2 heterocycles. The van der Waals surface area contributed by atoms with Gasteiger partial charge in [0.25, 0.3) is 5.91 Å². The summed E-state index contributed by atoms with van der Waals surface area (Å²) < 4.78 is 22.2. The van der Waals surface area contributed by atoms with Gasteiger partial charge in [-0.15, -0.1) is 0 Å². The van der Waals surface area contributed by atoms with E-state index in [0.717, 1.165) is 4.90 Å². The Balaban J connectivity index is 2.26. The number of hydrogen-bond donors (Lipinski definition) is 2. The largest absolute Gasteiger partial charge is 0.394 e. The average molecular weight is 345 g/mol. The number of alkyl halides is 3. The van der Waals surface area contributed by atoms with E-state index < -0.39 is 47.6 Å². The highest BCUT2D eigenvalue weighted by Gasteiger charge is 2.56. The normalized spacial score (nSPS) is 36.0. The van der Waals surface area contributed by atoms with Gasteiger partial charge in [0.1, 0.15) is 18.5 Å². The molecule has 2 aliphatic heterocycles. The minimum absolute atomic E-state index is 0.123. The summed E-state index contributed by atoms with van der Waals surface area (Å²) in [5.41, 5.74) is 0. The van der Waals surface area contributed by atoms with E-state index >= 15 is 0 Å². The van der Waals surface area contributed by atoms with E-state index in [-0.39, 0.29) is 13.0 Å². The number of rotatable bonds is 4. The maximum absolute atomic E-state index is 13.7. The van der Waals surface area contributed by atoms with Crippen LogP contribution in [0.15, 0.2) is 0 Å². The van der Waals surface area contributed by atoms with E-state index in [4.69, 9.17) is 37.8 Å². The fourth-order valence-corrected chi connectivity index (χ4v) is 2.72. The summed E-state index contributed by atoms with van der Waals surface area (Å²) in [6.45, 7) is 1.22. The van der Waals surface area contributed by atoms with Gasteiger partial charge in [-0.25, -0.2) is 9.18 Å². The second-order valence-electron chi connectivity index (χ2n) is 4.66. The van der Waals surface area contributed by atoms with Gasteiger partial charge in [-0.05, 0) is 6.92 Å². The van der Waals surface area contributed by atoms with Crippen molar-refractivity contribution in [2.24, 2.45) is 0 Å². The minimum Gasteiger partial charge on any atom is -0.394 e. The molecule has 4 atom stereocenters. The number of nitrogens with one attached hydrogen (secondary N) is 1. The fourth-order valence-electron chi connectivity index (χ4n) is 2.29. The summed E-state index contributed by atoms with van der Waals surface area (Å²) in [5, 5.41) is 11.0. The van der Waals surface area contributed by atoms with Crippen LogP contribution in [0.1, 0.15) is 13.3 Å². The van der Waals surface area contributed by atoms with Crippen LogP contribution in [-0.4, -0.2) is 64.2 Å². The summed E-state index contributed by atoms with van der Waals surface area (Å²) in [4.78, 5) is 24.6. The average Bonchev–Trinajstić information content (AvgIpc) is 2.77. The zero-order valence-corrected chi connectivity index (χ0v) is 12.6.